The highest BCUT2D eigenvalue weighted by Gasteiger charge is 2.21. The van der Waals surface area contributed by atoms with Gasteiger partial charge in [0.25, 0.3) is 0 Å². The first-order valence-electron chi connectivity index (χ1n) is 11.7. The van der Waals surface area contributed by atoms with Crippen molar-refractivity contribution in [1.29, 1.82) is 0 Å². The molecular formula is C29H36O4Si. The topological polar surface area (TPSA) is 44.8 Å². The van der Waals surface area contributed by atoms with Gasteiger partial charge in [0.15, 0.2) is 15.3 Å². The lowest BCUT2D eigenvalue weighted by atomic mass is 9.87. The van der Waals surface area contributed by atoms with Crippen LogP contribution in [0.3, 0.4) is 0 Å². The third-order valence-corrected chi connectivity index (χ3v) is 6.56. The SMILES string of the molecule is COC(=O)c1ccc(C(OCc2ccc(C(C)(C)C)cc2)O[SiH](C)C)cc1-c1ccccc1C. The van der Waals surface area contributed by atoms with Gasteiger partial charge < -0.3 is 13.9 Å². The van der Waals surface area contributed by atoms with E-state index in [4.69, 9.17) is 13.9 Å². The van der Waals surface area contributed by atoms with Crippen LogP contribution in [-0.2, 0) is 25.9 Å². The van der Waals surface area contributed by atoms with Gasteiger partial charge in [-0.1, -0.05) is 75.4 Å². The van der Waals surface area contributed by atoms with Crippen molar-refractivity contribution in [1.82, 2.24) is 0 Å². The third kappa shape index (κ3) is 6.44. The van der Waals surface area contributed by atoms with Gasteiger partial charge in [-0.25, -0.2) is 4.79 Å². The Balaban J connectivity index is 1.93. The molecule has 0 bridgehead atoms. The van der Waals surface area contributed by atoms with Gasteiger partial charge >= 0.3 is 5.97 Å². The van der Waals surface area contributed by atoms with E-state index < -0.39 is 15.3 Å². The van der Waals surface area contributed by atoms with E-state index in [-0.39, 0.29) is 11.4 Å². The van der Waals surface area contributed by atoms with Crippen LogP contribution >= 0.6 is 0 Å². The van der Waals surface area contributed by atoms with Crippen molar-refractivity contribution in [3.63, 3.8) is 0 Å². The molecular weight excluding hydrogens is 440 g/mol. The zero-order chi connectivity index (χ0) is 24.9. The Hall–Kier alpha value is -2.73. The molecule has 1 unspecified atom stereocenters. The number of aryl methyl sites for hydroxylation is 1. The molecule has 1 atom stereocenters. The van der Waals surface area contributed by atoms with Crippen LogP contribution < -0.4 is 0 Å². The van der Waals surface area contributed by atoms with E-state index in [2.05, 4.69) is 58.1 Å². The van der Waals surface area contributed by atoms with E-state index in [9.17, 15) is 4.79 Å². The number of carbonyl (C=O) groups is 1. The second-order valence-electron chi connectivity index (χ2n) is 9.89. The largest absolute Gasteiger partial charge is 0.465 e. The molecule has 3 aromatic rings. The lowest BCUT2D eigenvalue weighted by Gasteiger charge is -2.23. The molecule has 3 aromatic carbocycles. The van der Waals surface area contributed by atoms with Crippen LogP contribution in [0, 0.1) is 6.92 Å². The van der Waals surface area contributed by atoms with Crippen molar-refractivity contribution in [3.05, 3.63) is 94.5 Å². The molecule has 3 rings (SSSR count). The average molecular weight is 477 g/mol. The molecule has 0 saturated heterocycles. The summed E-state index contributed by atoms with van der Waals surface area (Å²) < 4.78 is 17.6. The Morgan fingerprint density at radius 1 is 0.941 bits per heavy atom. The molecule has 0 aliphatic heterocycles. The molecule has 0 heterocycles. The van der Waals surface area contributed by atoms with Gasteiger partial charge in [0.05, 0.1) is 19.3 Å². The van der Waals surface area contributed by atoms with Crippen LogP contribution in [0.25, 0.3) is 11.1 Å². The summed E-state index contributed by atoms with van der Waals surface area (Å²) in [6.45, 7) is 13.3. The van der Waals surface area contributed by atoms with Crippen LogP contribution in [-0.4, -0.2) is 22.1 Å². The van der Waals surface area contributed by atoms with Gasteiger partial charge in [-0.05, 0) is 65.4 Å². The number of ether oxygens (including phenoxy) is 2. The minimum absolute atomic E-state index is 0.113. The summed E-state index contributed by atoms with van der Waals surface area (Å²) in [6.07, 6.45) is -0.511. The molecule has 34 heavy (non-hydrogen) atoms. The highest BCUT2D eigenvalue weighted by atomic mass is 28.3. The van der Waals surface area contributed by atoms with Crippen molar-refractivity contribution in [2.24, 2.45) is 0 Å². The maximum atomic E-state index is 12.5. The lowest BCUT2D eigenvalue weighted by Crippen LogP contribution is -2.17. The molecule has 0 amide bonds. The minimum Gasteiger partial charge on any atom is -0.465 e. The molecule has 0 aromatic heterocycles. The number of methoxy groups -OCH3 is 1. The van der Waals surface area contributed by atoms with Crippen LogP contribution in [0.2, 0.25) is 13.1 Å². The third-order valence-electron chi connectivity index (χ3n) is 5.77. The first kappa shape index (κ1) is 25.9. The molecule has 0 saturated carbocycles. The monoisotopic (exact) mass is 476 g/mol. The number of benzene rings is 3. The molecule has 4 nitrogen and oxygen atoms in total. The Morgan fingerprint density at radius 3 is 2.21 bits per heavy atom. The maximum absolute atomic E-state index is 12.5. The van der Waals surface area contributed by atoms with Crippen LogP contribution in [0.1, 0.15) is 59.7 Å². The normalized spacial score (nSPS) is 12.6. The zero-order valence-electron chi connectivity index (χ0n) is 21.3. The van der Waals surface area contributed by atoms with E-state index in [1.54, 1.807) is 0 Å². The Morgan fingerprint density at radius 2 is 1.62 bits per heavy atom. The van der Waals surface area contributed by atoms with Crippen LogP contribution in [0.15, 0.2) is 66.7 Å². The minimum atomic E-state index is -1.41. The van der Waals surface area contributed by atoms with E-state index in [1.165, 1.54) is 12.7 Å². The number of hydrogen-bond donors (Lipinski definition) is 0. The van der Waals surface area contributed by atoms with E-state index in [1.807, 2.05) is 49.4 Å². The second kappa shape index (κ2) is 11.1. The summed E-state index contributed by atoms with van der Waals surface area (Å²) in [5.41, 5.74) is 6.80. The fourth-order valence-electron chi connectivity index (χ4n) is 3.83. The highest BCUT2D eigenvalue weighted by molar-refractivity contribution is 6.48. The summed E-state index contributed by atoms with van der Waals surface area (Å²) >= 11 is 0. The molecule has 0 spiro atoms. The summed E-state index contributed by atoms with van der Waals surface area (Å²) in [6, 6.07) is 22.3. The first-order chi connectivity index (χ1) is 16.1. The fraction of sp³-hybridized carbons (Fsp3) is 0.345. The average Bonchev–Trinajstić information content (AvgIpc) is 2.80. The van der Waals surface area contributed by atoms with Gasteiger partial charge in [0, 0.05) is 5.56 Å². The summed E-state index contributed by atoms with van der Waals surface area (Å²) in [5, 5.41) is 0. The Labute approximate surface area is 205 Å². The van der Waals surface area contributed by atoms with Gasteiger partial charge in [0.2, 0.25) is 0 Å². The van der Waals surface area contributed by atoms with E-state index in [0.717, 1.165) is 27.8 Å². The standard InChI is InChI=1S/C29H36O4Si/c1-20-10-8-9-11-24(20)26-18-22(14-17-25(26)27(30)31-5)28(33-34(6)7)32-19-21-12-15-23(16-13-21)29(2,3)4/h8-18,28,34H,19H2,1-7H3. The predicted molar refractivity (Wildman–Crippen MR) is 141 cm³/mol. The Kier molecular flexibility index (Phi) is 8.47. The molecule has 0 fully saturated rings. The van der Waals surface area contributed by atoms with Gasteiger partial charge in [-0.2, -0.15) is 0 Å². The molecule has 180 valence electrons. The van der Waals surface area contributed by atoms with Crippen LogP contribution in [0.5, 0.6) is 0 Å². The molecule has 0 radical (unpaired) electrons. The second-order valence-corrected chi connectivity index (χ2v) is 12.3. The number of carbonyl (C=O) groups excluding carboxylic acids is 1. The van der Waals surface area contributed by atoms with Gasteiger partial charge in [0.1, 0.15) is 0 Å². The molecule has 5 heteroatoms. The summed E-state index contributed by atoms with van der Waals surface area (Å²) in [7, 11) is -0.00373. The quantitative estimate of drug-likeness (QED) is 0.200. The van der Waals surface area contributed by atoms with Crippen molar-refractivity contribution < 1.29 is 18.7 Å². The molecule has 0 aliphatic carbocycles. The van der Waals surface area contributed by atoms with Crippen molar-refractivity contribution in [3.8, 4) is 11.1 Å². The van der Waals surface area contributed by atoms with Crippen molar-refractivity contribution in [2.75, 3.05) is 7.11 Å². The smallest absolute Gasteiger partial charge is 0.338 e. The van der Waals surface area contributed by atoms with E-state index >= 15 is 0 Å². The van der Waals surface area contributed by atoms with Gasteiger partial charge in [-0.3, -0.25) is 0 Å². The lowest BCUT2D eigenvalue weighted by molar-refractivity contribution is -0.0949. The van der Waals surface area contributed by atoms with Crippen LogP contribution in [0.4, 0.5) is 0 Å². The maximum Gasteiger partial charge on any atom is 0.338 e. The predicted octanol–water partition coefficient (Wildman–Crippen LogP) is 6.96. The highest BCUT2D eigenvalue weighted by Crippen LogP contribution is 2.32. The van der Waals surface area contributed by atoms with E-state index in [0.29, 0.717) is 12.2 Å². The Bertz CT molecular complexity index is 1110. The summed E-state index contributed by atoms with van der Waals surface area (Å²) in [4.78, 5) is 12.5. The summed E-state index contributed by atoms with van der Waals surface area (Å²) in [5.74, 6) is -0.361. The van der Waals surface area contributed by atoms with Crippen molar-refractivity contribution >= 4 is 15.0 Å². The van der Waals surface area contributed by atoms with Crippen molar-refractivity contribution in [2.45, 2.75) is 59.1 Å². The fourth-order valence-corrected chi connectivity index (χ4v) is 4.56. The molecule has 0 aliphatic rings. The van der Waals surface area contributed by atoms with Gasteiger partial charge in [-0.15, -0.1) is 0 Å². The number of esters is 1. The molecule has 0 N–H and O–H groups in total. The zero-order valence-corrected chi connectivity index (χ0v) is 22.5. The number of rotatable bonds is 8. The first-order valence-corrected chi connectivity index (χ1v) is 14.5. The number of hydrogen-bond acceptors (Lipinski definition) is 4.